The standard InChI is InChI=1S/C16H24NO3/c1-11(2)15(17(20)16(3,4)5)13-8-6-7-12(9-13)10-14(18)19/h6-9,11,15H,10H2,1-5H3,(H,18,19). The third-order valence-corrected chi connectivity index (χ3v) is 3.19. The van der Waals surface area contributed by atoms with E-state index in [0.29, 0.717) is 0 Å². The fourth-order valence-corrected chi connectivity index (χ4v) is 2.27. The number of hydrogen-bond acceptors (Lipinski definition) is 2. The molecule has 1 N–H and O–H groups in total. The van der Waals surface area contributed by atoms with E-state index >= 15 is 0 Å². The van der Waals surface area contributed by atoms with Crippen molar-refractivity contribution in [2.75, 3.05) is 0 Å². The van der Waals surface area contributed by atoms with E-state index < -0.39 is 11.5 Å². The van der Waals surface area contributed by atoms with Gasteiger partial charge in [0.05, 0.1) is 12.5 Å². The first-order valence-electron chi connectivity index (χ1n) is 6.90. The van der Waals surface area contributed by atoms with Crippen LogP contribution >= 0.6 is 0 Å². The molecule has 0 aliphatic rings. The molecule has 1 unspecified atom stereocenters. The van der Waals surface area contributed by atoms with Crippen molar-refractivity contribution in [3.8, 4) is 0 Å². The Morgan fingerprint density at radius 3 is 2.35 bits per heavy atom. The van der Waals surface area contributed by atoms with Gasteiger partial charge in [0.25, 0.3) is 0 Å². The van der Waals surface area contributed by atoms with Gasteiger partial charge < -0.3 is 5.11 Å². The lowest BCUT2D eigenvalue weighted by atomic mass is 9.91. The Bertz CT molecular complexity index is 463. The van der Waals surface area contributed by atoms with Crippen molar-refractivity contribution in [2.45, 2.75) is 52.6 Å². The second kappa shape index (κ2) is 6.37. The lowest BCUT2D eigenvalue weighted by Crippen LogP contribution is -2.42. The van der Waals surface area contributed by atoms with Crippen LogP contribution in [-0.2, 0) is 16.4 Å². The van der Waals surface area contributed by atoms with Crippen LogP contribution in [0, 0.1) is 5.92 Å². The Balaban J connectivity index is 3.13. The molecule has 0 aliphatic carbocycles. The molecule has 1 radical (unpaired) electrons. The van der Waals surface area contributed by atoms with Crippen molar-refractivity contribution in [3.63, 3.8) is 0 Å². The zero-order valence-corrected chi connectivity index (χ0v) is 12.9. The smallest absolute Gasteiger partial charge is 0.307 e. The average molecular weight is 278 g/mol. The van der Waals surface area contributed by atoms with Crippen LogP contribution in [0.4, 0.5) is 0 Å². The molecule has 1 aromatic rings. The summed E-state index contributed by atoms with van der Waals surface area (Å²) in [6.45, 7) is 9.67. The van der Waals surface area contributed by atoms with Crippen molar-refractivity contribution >= 4 is 5.97 Å². The minimum atomic E-state index is -0.863. The van der Waals surface area contributed by atoms with E-state index in [-0.39, 0.29) is 18.4 Å². The zero-order valence-electron chi connectivity index (χ0n) is 12.9. The number of carboxylic acids is 1. The van der Waals surface area contributed by atoms with Gasteiger partial charge >= 0.3 is 5.97 Å². The molecule has 0 amide bonds. The van der Waals surface area contributed by atoms with E-state index in [0.717, 1.165) is 16.2 Å². The maximum atomic E-state index is 12.5. The largest absolute Gasteiger partial charge is 0.481 e. The van der Waals surface area contributed by atoms with Crippen LogP contribution < -0.4 is 0 Å². The molecule has 20 heavy (non-hydrogen) atoms. The van der Waals surface area contributed by atoms with Gasteiger partial charge in [-0.2, -0.15) is 0 Å². The van der Waals surface area contributed by atoms with Crippen LogP contribution in [0.1, 0.15) is 51.8 Å². The second-order valence-corrected chi connectivity index (χ2v) is 6.50. The molecule has 4 heteroatoms. The molecule has 4 nitrogen and oxygen atoms in total. The van der Waals surface area contributed by atoms with Gasteiger partial charge in [-0.25, -0.2) is 0 Å². The lowest BCUT2D eigenvalue weighted by Gasteiger charge is -2.36. The highest BCUT2D eigenvalue weighted by Crippen LogP contribution is 2.33. The minimum Gasteiger partial charge on any atom is -0.481 e. The first-order chi connectivity index (χ1) is 9.12. The van der Waals surface area contributed by atoms with Crippen LogP contribution in [0.15, 0.2) is 24.3 Å². The Kier molecular flexibility index (Phi) is 5.31. The second-order valence-electron chi connectivity index (χ2n) is 6.50. The number of benzene rings is 1. The Hall–Kier alpha value is -1.39. The summed E-state index contributed by atoms with van der Waals surface area (Å²) in [5, 5.41) is 22.5. The third-order valence-electron chi connectivity index (χ3n) is 3.19. The quantitative estimate of drug-likeness (QED) is 0.839. The molecule has 111 valence electrons. The van der Waals surface area contributed by atoms with E-state index in [1.54, 1.807) is 6.07 Å². The maximum Gasteiger partial charge on any atom is 0.307 e. The summed E-state index contributed by atoms with van der Waals surface area (Å²) in [7, 11) is 0. The van der Waals surface area contributed by atoms with Crippen LogP contribution in [0.25, 0.3) is 0 Å². The molecule has 1 rings (SSSR count). The zero-order chi connectivity index (χ0) is 15.5. The van der Waals surface area contributed by atoms with Crippen molar-refractivity contribution in [1.29, 1.82) is 0 Å². The van der Waals surface area contributed by atoms with Crippen LogP contribution in [-0.4, -0.2) is 21.7 Å². The minimum absolute atomic E-state index is 0.0208. The van der Waals surface area contributed by atoms with Gasteiger partial charge in [-0.15, -0.1) is 10.3 Å². The van der Waals surface area contributed by atoms with Crippen molar-refractivity contribution in [2.24, 2.45) is 5.92 Å². The van der Waals surface area contributed by atoms with Crippen molar-refractivity contribution in [3.05, 3.63) is 35.4 Å². The van der Waals surface area contributed by atoms with Gasteiger partial charge in [0, 0.05) is 5.54 Å². The highest BCUT2D eigenvalue weighted by Gasteiger charge is 2.32. The van der Waals surface area contributed by atoms with E-state index in [2.05, 4.69) is 0 Å². The Morgan fingerprint density at radius 1 is 1.30 bits per heavy atom. The van der Waals surface area contributed by atoms with Gasteiger partial charge in [-0.1, -0.05) is 38.1 Å². The molecule has 0 bridgehead atoms. The summed E-state index contributed by atoms with van der Waals surface area (Å²) in [6.07, 6.45) is -0.0208. The first kappa shape index (κ1) is 16.7. The van der Waals surface area contributed by atoms with Gasteiger partial charge in [-0.3, -0.25) is 4.79 Å². The highest BCUT2D eigenvalue weighted by atomic mass is 16.5. The van der Waals surface area contributed by atoms with E-state index in [1.165, 1.54) is 0 Å². The van der Waals surface area contributed by atoms with Gasteiger partial charge in [0.2, 0.25) is 0 Å². The molecule has 0 saturated carbocycles. The molecular weight excluding hydrogens is 254 g/mol. The number of carbonyl (C=O) groups is 1. The monoisotopic (exact) mass is 278 g/mol. The highest BCUT2D eigenvalue weighted by molar-refractivity contribution is 5.70. The SMILES string of the molecule is CC(C)C(c1cccc(CC(=O)O)c1)N([O])C(C)(C)C. The molecule has 1 aromatic carbocycles. The summed E-state index contributed by atoms with van der Waals surface area (Å²) < 4.78 is 0. The fraction of sp³-hybridized carbons (Fsp3) is 0.562. The third kappa shape index (κ3) is 4.32. The normalized spacial score (nSPS) is 13.8. The number of carboxylic acid groups (broad SMARTS) is 1. The summed E-state index contributed by atoms with van der Waals surface area (Å²) in [4.78, 5) is 10.8. The molecule has 0 aliphatic heterocycles. The van der Waals surface area contributed by atoms with Crippen LogP contribution in [0.5, 0.6) is 0 Å². The summed E-state index contributed by atoms with van der Waals surface area (Å²) in [5.41, 5.74) is 1.12. The Morgan fingerprint density at radius 2 is 1.90 bits per heavy atom. The first-order valence-corrected chi connectivity index (χ1v) is 6.90. The molecule has 0 saturated heterocycles. The lowest BCUT2D eigenvalue weighted by molar-refractivity contribution is -0.250. The fourth-order valence-electron chi connectivity index (χ4n) is 2.27. The summed E-state index contributed by atoms with van der Waals surface area (Å²) >= 11 is 0. The van der Waals surface area contributed by atoms with E-state index in [4.69, 9.17) is 5.11 Å². The summed E-state index contributed by atoms with van der Waals surface area (Å²) in [5.74, 6) is -0.718. The molecule has 0 heterocycles. The molecule has 0 fully saturated rings. The summed E-state index contributed by atoms with van der Waals surface area (Å²) in [6, 6.07) is 7.05. The van der Waals surface area contributed by atoms with Gasteiger partial charge in [0.15, 0.2) is 0 Å². The number of aliphatic carboxylic acids is 1. The predicted octanol–water partition coefficient (Wildman–Crippen LogP) is 3.46. The van der Waals surface area contributed by atoms with Crippen molar-refractivity contribution in [1.82, 2.24) is 5.06 Å². The van der Waals surface area contributed by atoms with E-state index in [9.17, 15) is 10.0 Å². The predicted molar refractivity (Wildman–Crippen MR) is 77.6 cm³/mol. The van der Waals surface area contributed by atoms with Crippen molar-refractivity contribution < 1.29 is 15.1 Å². The van der Waals surface area contributed by atoms with Gasteiger partial charge in [0.1, 0.15) is 0 Å². The maximum absolute atomic E-state index is 12.5. The molecule has 0 spiro atoms. The molecular formula is C16H24NO3. The van der Waals surface area contributed by atoms with Crippen LogP contribution in [0.3, 0.4) is 0 Å². The number of rotatable bonds is 5. The van der Waals surface area contributed by atoms with Gasteiger partial charge in [-0.05, 0) is 37.8 Å². The number of hydrogen-bond donors (Lipinski definition) is 1. The van der Waals surface area contributed by atoms with Crippen LogP contribution in [0.2, 0.25) is 0 Å². The Labute approximate surface area is 121 Å². The topological polar surface area (TPSA) is 60.4 Å². The molecule has 1 atom stereocenters. The average Bonchev–Trinajstić information content (AvgIpc) is 2.26. The van der Waals surface area contributed by atoms with E-state index in [1.807, 2.05) is 52.8 Å². The number of hydroxylamine groups is 2. The number of nitrogens with zero attached hydrogens (tertiary/aromatic N) is 1. The molecule has 0 aromatic heterocycles.